The minimum atomic E-state index is 1.30. The van der Waals surface area contributed by atoms with Gasteiger partial charge in [-0.1, -0.05) is 0 Å². The van der Waals surface area contributed by atoms with E-state index in [0.717, 1.165) is 0 Å². The number of rotatable bonds is 0. The van der Waals surface area contributed by atoms with E-state index in [0.29, 0.717) is 0 Å². The summed E-state index contributed by atoms with van der Waals surface area (Å²) in [7, 11) is 0. The van der Waals surface area contributed by atoms with Crippen LogP contribution in [0.2, 0.25) is 0 Å². The van der Waals surface area contributed by atoms with Gasteiger partial charge in [-0.15, -0.1) is 0 Å². The van der Waals surface area contributed by atoms with Crippen molar-refractivity contribution in [3.63, 3.8) is 0 Å². The second kappa shape index (κ2) is 2.77. The fourth-order valence-electron chi connectivity index (χ4n) is 1.17. The number of hydrogen-bond acceptors (Lipinski definition) is 0. The zero-order valence-electron chi connectivity index (χ0n) is 6.56. The number of aryl methyl sites for hydroxylation is 3. The summed E-state index contributed by atoms with van der Waals surface area (Å²) < 4.78 is 1.30. The van der Waals surface area contributed by atoms with Crippen molar-refractivity contribution in [1.82, 2.24) is 0 Å². The topological polar surface area (TPSA) is 0 Å². The van der Waals surface area contributed by atoms with E-state index in [2.05, 4.69) is 48.9 Å². The molecule has 0 atom stereocenters. The van der Waals surface area contributed by atoms with Crippen LogP contribution in [0.25, 0.3) is 0 Å². The molecule has 0 nitrogen and oxygen atoms in total. The van der Waals surface area contributed by atoms with E-state index >= 15 is 0 Å². The van der Waals surface area contributed by atoms with Crippen molar-refractivity contribution in [2.45, 2.75) is 20.8 Å². The van der Waals surface area contributed by atoms with Crippen molar-refractivity contribution < 1.29 is 0 Å². The van der Waals surface area contributed by atoms with Gasteiger partial charge in [0.1, 0.15) is 0 Å². The van der Waals surface area contributed by atoms with Gasteiger partial charge in [0, 0.05) is 0 Å². The average Bonchev–Trinajstić information content (AvgIpc) is 1.82. The molecular formula is C9H11Se. The molecule has 0 aliphatic rings. The van der Waals surface area contributed by atoms with Crippen LogP contribution in [0.5, 0.6) is 0 Å². The van der Waals surface area contributed by atoms with Gasteiger partial charge in [-0.3, -0.25) is 0 Å². The third-order valence-corrected chi connectivity index (χ3v) is 2.96. The molecule has 0 spiro atoms. The molecule has 1 aromatic rings. The Morgan fingerprint density at radius 3 is 1.80 bits per heavy atom. The molecule has 1 aromatic carbocycles. The van der Waals surface area contributed by atoms with Gasteiger partial charge in [0.25, 0.3) is 0 Å². The Morgan fingerprint density at radius 1 is 1.00 bits per heavy atom. The molecular weight excluding hydrogens is 187 g/mol. The van der Waals surface area contributed by atoms with Gasteiger partial charge in [-0.25, -0.2) is 0 Å². The summed E-state index contributed by atoms with van der Waals surface area (Å²) in [5.74, 6) is 0. The first-order valence-electron chi connectivity index (χ1n) is 3.36. The van der Waals surface area contributed by atoms with Crippen molar-refractivity contribution in [2.24, 2.45) is 0 Å². The maximum absolute atomic E-state index is 3.07. The molecule has 1 rings (SSSR count). The van der Waals surface area contributed by atoms with E-state index in [1.165, 1.54) is 21.2 Å². The molecule has 0 aliphatic heterocycles. The van der Waals surface area contributed by atoms with Crippen molar-refractivity contribution in [3.05, 3.63) is 28.8 Å². The molecule has 0 unspecified atom stereocenters. The summed E-state index contributed by atoms with van der Waals surface area (Å²) in [5, 5.41) is 0. The van der Waals surface area contributed by atoms with Crippen LogP contribution in [0.4, 0.5) is 0 Å². The Morgan fingerprint density at radius 2 is 1.40 bits per heavy atom. The standard InChI is InChI=1S/C9H11Se/c1-6-4-7(2)9(10)8(3)5-6/h4-5H,1-3H3. The van der Waals surface area contributed by atoms with Crippen LogP contribution in [0.1, 0.15) is 16.7 Å². The second-order valence-corrected chi connectivity index (χ2v) is 3.58. The second-order valence-electron chi connectivity index (χ2n) is 2.73. The van der Waals surface area contributed by atoms with Gasteiger partial charge in [0.05, 0.1) is 0 Å². The average molecular weight is 198 g/mol. The van der Waals surface area contributed by atoms with Crippen LogP contribution in [0.15, 0.2) is 12.1 Å². The summed E-state index contributed by atoms with van der Waals surface area (Å²) in [6, 6.07) is 4.39. The molecule has 1 radical (unpaired) electrons. The Bertz CT molecular complexity index is 228. The van der Waals surface area contributed by atoms with E-state index in [4.69, 9.17) is 0 Å². The van der Waals surface area contributed by atoms with Crippen molar-refractivity contribution >= 4 is 20.5 Å². The van der Waals surface area contributed by atoms with Crippen LogP contribution in [0, 0.1) is 20.8 Å². The summed E-state index contributed by atoms with van der Waals surface area (Å²) in [5.41, 5.74) is 4.03. The zero-order valence-corrected chi connectivity index (χ0v) is 8.28. The van der Waals surface area contributed by atoms with Gasteiger partial charge in [0.2, 0.25) is 0 Å². The predicted molar refractivity (Wildman–Crippen MR) is 46.0 cm³/mol. The molecule has 0 heterocycles. The van der Waals surface area contributed by atoms with Crippen molar-refractivity contribution in [1.29, 1.82) is 0 Å². The third-order valence-electron chi connectivity index (χ3n) is 1.60. The Kier molecular flexibility index (Phi) is 2.17. The van der Waals surface area contributed by atoms with Crippen LogP contribution in [0.3, 0.4) is 0 Å². The van der Waals surface area contributed by atoms with Gasteiger partial charge in [-0.05, 0) is 0 Å². The summed E-state index contributed by atoms with van der Waals surface area (Å²) in [6.45, 7) is 6.39. The summed E-state index contributed by atoms with van der Waals surface area (Å²) >= 11 is 3.07. The Labute approximate surface area is 70.5 Å². The molecule has 0 bridgehead atoms. The summed E-state index contributed by atoms with van der Waals surface area (Å²) in [6.07, 6.45) is 0. The molecule has 10 heavy (non-hydrogen) atoms. The fourth-order valence-corrected chi connectivity index (χ4v) is 1.41. The molecule has 0 saturated heterocycles. The SMILES string of the molecule is Cc1cc(C)c([Se])c(C)c1. The van der Waals surface area contributed by atoms with E-state index in [1.807, 2.05) is 0 Å². The van der Waals surface area contributed by atoms with Gasteiger partial charge < -0.3 is 0 Å². The van der Waals surface area contributed by atoms with Gasteiger partial charge >= 0.3 is 70.1 Å². The maximum atomic E-state index is 3.07. The monoisotopic (exact) mass is 199 g/mol. The molecule has 53 valence electrons. The first-order chi connectivity index (χ1) is 4.61. The minimum absolute atomic E-state index is 1.30. The normalized spacial score (nSPS) is 9.90. The van der Waals surface area contributed by atoms with Crippen LogP contribution < -0.4 is 4.46 Å². The predicted octanol–water partition coefficient (Wildman–Crippen LogP) is 1.41. The Hall–Kier alpha value is -0.261. The fraction of sp³-hybridized carbons (Fsp3) is 0.333. The van der Waals surface area contributed by atoms with Crippen molar-refractivity contribution in [2.75, 3.05) is 0 Å². The third kappa shape index (κ3) is 1.42. The summed E-state index contributed by atoms with van der Waals surface area (Å²) in [4.78, 5) is 0. The molecule has 0 aromatic heterocycles. The van der Waals surface area contributed by atoms with E-state index < -0.39 is 0 Å². The van der Waals surface area contributed by atoms with Crippen LogP contribution in [-0.4, -0.2) is 16.0 Å². The quantitative estimate of drug-likeness (QED) is 0.553. The van der Waals surface area contributed by atoms with Gasteiger partial charge in [0.15, 0.2) is 0 Å². The van der Waals surface area contributed by atoms with Crippen LogP contribution in [-0.2, 0) is 0 Å². The van der Waals surface area contributed by atoms with E-state index in [-0.39, 0.29) is 0 Å². The first kappa shape index (κ1) is 7.84. The van der Waals surface area contributed by atoms with Gasteiger partial charge in [-0.2, -0.15) is 0 Å². The molecule has 0 aliphatic carbocycles. The zero-order chi connectivity index (χ0) is 7.72. The van der Waals surface area contributed by atoms with Crippen LogP contribution >= 0.6 is 0 Å². The molecule has 1 heteroatoms. The molecule has 0 saturated carbocycles. The molecule has 0 N–H and O–H groups in total. The first-order valence-corrected chi connectivity index (χ1v) is 4.22. The number of benzene rings is 1. The van der Waals surface area contributed by atoms with E-state index in [9.17, 15) is 0 Å². The molecule has 0 fully saturated rings. The van der Waals surface area contributed by atoms with E-state index in [1.54, 1.807) is 0 Å². The number of hydrogen-bond donors (Lipinski definition) is 0. The van der Waals surface area contributed by atoms with Crippen molar-refractivity contribution in [3.8, 4) is 0 Å². The Balaban J connectivity index is 3.31. The molecule has 0 amide bonds.